The Kier molecular flexibility index (Phi) is 1.09. The lowest BCUT2D eigenvalue weighted by atomic mass is 10.00. The molecule has 40 valence electrons. The summed E-state index contributed by atoms with van der Waals surface area (Å²) in [6.45, 7) is 0. The third-order valence-electron chi connectivity index (χ3n) is 1.25. The monoisotopic (exact) mass is 99.1 g/mol. The molecule has 0 amide bonds. The molecule has 0 radical (unpaired) electrons. The van der Waals surface area contributed by atoms with Crippen molar-refractivity contribution in [3.05, 3.63) is 0 Å². The van der Waals surface area contributed by atoms with Crippen LogP contribution in [0, 0.1) is 0 Å². The first-order chi connectivity index (χ1) is 3.80. The van der Waals surface area contributed by atoms with Crippen LogP contribution >= 0.6 is 0 Å². The number of carbonyl (C=O) groups excluding carboxylic acids is 1. The van der Waals surface area contributed by atoms with Gasteiger partial charge >= 0.3 is 0 Å². The third-order valence-corrected chi connectivity index (χ3v) is 1.25. The van der Waals surface area contributed by atoms with Gasteiger partial charge in [-0.1, -0.05) is 6.42 Å². The highest BCUT2D eigenvalue weighted by atomic mass is 16.1. The molecule has 0 aromatic rings. The van der Waals surface area contributed by atoms with Gasteiger partial charge in [-0.3, -0.25) is 4.79 Å². The zero-order valence-corrected chi connectivity index (χ0v) is 4.31. The fourth-order valence-electron chi connectivity index (χ4n) is 0.809. The largest absolute Gasteiger partial charge is 0.300 e. The molecule has 7 heavy (non-hydrogen) atoms. The molecule has 1 aliphatic rings. The van der Waals surface area contributed by atoms with E-state index >= 15 is 0 Å². The van der Waals surface area contributed by atoms with Gasteiger partial charge in [0.1, 0.15) is 5.78 Å². The van der Waals surface area contributed by atoms with E-state index in [0.717, 1.165) is 19.3 Å². The van der Waals surface area contributed by atoms with E-state index in [2.05, 4.69) is 0 Å². The van der Waals surface area contributed by atoms with Crippen LogP contribution in [-0.4, -0.2) is 5.78 Å². The average Bonchev–Trinajstić information content (AvgIpc) is 1.77. The predicted molar refractivity (Wildman–Crippen MR) is 28.1 cm³/mol. The minimum Gasteiger partial charge on any atom is -0.300 e. The first kappa shape index (κ1) is 3.65. The molecule has 1 fully saturated rings. The van der Waals surface area contributed by atoms with Gasteiger partial charge in [-0.25, -0.2) is 0 Å². The summed E-state index contributed by atoms with van der Waals surface area (Å²) in [7, 11) is 0. The maximum absolute atomic E-state index is 10.6. The van der Waals surface area contributed by atoms with Crippen LogP contribution in [0.1, 0.15) is 33.5 Å². The smallest absolute Gasteiger partial charge is 0.132 e. The lowest BCUT2D eigenvalue weighted by molar-refractivity contribution is -0.120. The Morgan fingerprint density at radius 1 is 1.43 bits per heavy atom. The van der Waals surface area contributed by atoms with Crippen molar-refractivity contribution in [2.75, 3.05) is 0 Å². The van der Waals surface area contributed by atoms with Crippen LogP contribution in [0.25, 0.3) is 0 Å². The summed E-state index contributed by atoms with van der Waals surface area (Å²) in [6.07, 6.45) is 3.13. The second-order valence-corrected chi connectivity index (χ2v) is 1.92. The first-order valence-electron chi connectivity index (χ1n) is 3.33. The van der Waals surface area contributed by atoms with E-state index in [1.165, 1.54) is 0 Å². The van der Waals surface area contributed by atoms with Crippen LogP contribution < -0.4 is 0 Å². The van der Waals surface area contributed by atoms with Crippen molar-refractivity contribution in [1.29, 1.82) is 0 Å². The lowest BCUT2D eigenvalue weighted by Crippen LogP contribution is -2.02. The molecular weight excluding hydrogens is 88.1 g/mol. The summed E-state index contributed by atoms with van der Waals surface area (Å²) in [4.78, 5) is 10.6. The lowest BCUT2D eigenvalue weighted by Gasteiger charge is -2.05. The van der Waals surface area contributed by atoms with Crippen molar-refractivity contribution in [1.82, 2.24) is 0 Å². The maximum atomic E-state index is 10.6. The molecule has 1 atom stereocenters. The van der Waals surface area contributed by atoms with Crippen molar-refractivity contribution in [2.45, 2.75) is 32.1 Å². The Bertz CT molecular complexity index is 101. The highest BCUT2D eigenvalue weighted by Gasteiger charge is 2.05. The number of hydrogen-bond donors (Lipinski definition) is 0. The number of ketones is 1. The molecule has 1 saturated carbocycles. The van der Waals surface area contributed by atoms with Gasteiger partial charge in [0.2, 0.25) is 0 Å². The SMILES string of the molecule is [2H]C1CCCCC1=O. The van der Waals surface area contributed by atoms with Crippen LogP contribution in [0.4, 0.5) is 0 Å². The van der Waals surface area contributed by atoms with Gasteiger partial charge in [0, 0.05) is 14.2 Å². The molecule has 1 unspecified atom stereocenters. The molecule has 1 aliphatic carbocycles. The molecule has 0 N–H and O–H groups in total. The van der Waals surface area contributed by atoms with E-state index in [0.29, 0.717) is 6.42 Å². The van der Waals surface area contributed by atoms with Crippen molar-refractivity contribution in [3.63, 3.8) is 0 Å². The van der Waals surface area contributed by atoms with Crippen LogP contribution in [-0.2, 0) is 4.79 Å². The maximum Gasteiger partial charge on any atom is 0.132 e. The molecule has 0 saturated heterocycles. The number of Topliss-reactive ketones (excluding diaryl/α,β-unsaturated/α-hetero) is 1. The first-order valence-corrected chi connectivity index (χ1v) is 2.75. The predicted octanol–water partition coefficient (Wildman–Crippen LogP) is 1.52. The summed E-state index contributed by atoms with van der Waals surface area (Å²) in [6, 6.07) is 0. The van der Waals surface area contributed by atoms with Crippen molar-refractivity contribution in [3.8, 4) is 0 Å². The molecule has 1 nitrogen and oxygen atoms in total. The standard InChI is InChI=1S/C6H10O/c7-6-4-2-1-3-5-6/h1-5H2/i4D. The highest BCUT2D eigenvalue weighted by Crippen LogP contribution is 2.12. The average molecular weight is 99.2 g/mol. The zero-order chi connectivity index (χ0) is 5.98. The zero-order valence-electron chi connectivity index (χ0n) is 5.31. The van der Waals surface area contributed by atoms with Crippen molar-refractivity contribution in [2.24, 2.45) is 0 Å². The van der Waals surface area contributed by atoms with Gasteiger partial charge in [-0.2, -0.15) is 0 Å². The Labute approximate surface area is 45.1 Å². The summed E-state index contributed by atoms with van der Waals surface area (Å²) < 4.78 is 7.13. The summed E-state index contributed by atoms with van der Waals surface area (Å²) in [5.74, 6) is 0.135. The Morgan fingerprint density at radius 2 is 2.29 bits per heavy atom. The Morgan fingerprint density at radius 3 is 2.71 bits per heavy atom. The molecule has 0 heterocycles. The quantitative estimate of drug-likeness (QED) is 0.450. The summed E-state index contributed by atoms with van der Waals surface area (Å²) in [5, 5.41) is 0. The third kappa shape index (κ3) is 1.30. The second-order valence-electron chi connectivity index (χ2n) is 1.92. The minimum absolute atomic E-state index is 0.135. The van der Waals surface area contributed by atoms with Crippen LogP contribution in [0.15, 0.2) is 0 Å². The molecule has 0 aromatic heterocycles. The van der Waals surface area contributed by atoms with Gasteiger partial charge in [-0.15, -0.1) is 0 Å². The van der Waals surface area contributed by atoms with E-state index in [-0.39, 0.29) is 12.2 Å². The van der Waals surface area contributed by atoms with Gasteiger partial charge in [0.15, 0.2) is 0 Å². The molecule has 0 aliphatic heterocycles. The normalized spacial score (nSPS) is 35.1. The van der Waals surface area contributed by atoms with Crippen molar-refractivity contribution < 1.29 is 6.17 Å². The topological polar surface area (TPSA) is 17.1 Å². The molecule has 1 rings (SSSR count). The molecule has 1 heteroatoms. The summed E-state index contributed by atoms with van der Waals surface area (Å²) >= 11 is 0. The second kappa shape index (κ2) is 2.10. The summed E-state index contributed by atoms with van der Waals surface area (Å²) in [5.41, 5.74) is 0. The van der Waals surface area contributed by atoms with E-state index in [1.807, 2.05) is 0 Å². The molecule has 0 aromatic carbocycles. The Hall–Kier alpha value is -0.330. The van der Waals surface area contributed by atoms with Gasteiger partial charge in [-0.05, 0) is 12.8 Å². The number of carbonyl (C=O) groups is 1. The number of rotatable bonds is 0. The van der Waals surface area contributed by atoms with E-state index < -0.39 is 0 Å². The van der Waals surface area contributed by atoms with Crippen molar-refractivity contribution >= 4 is 5.78 Å². The van der Waals surface area contributed by atoms with E-state index in [9.17, 15) is 4.79 Å². The highest BCUT2D eigenvalue weighted by molar-refractivity contribution is 5.78. The van der Waals surface area contributed by atoms with Gasteiger partial charge in [0.05, 0.1) is 0 Å². The molecule has 0 bridgehead atoms. The Balaban J connectivity index is 2.39. The van der Waals surface area contributed by atoms with Gasteiger partial charge < -0.3 is 0 Å². The molecule has 0 spiro atoms. The van der Waals surface area contributed by atoms with Crippen LogP contribution in [0.5, 0.6) is 0 Å². The van der Waals surface area contributed by atoms with Crippen LogP contribution in [0.3, 0.4) is 0 Å². The van der Waals surface area contributed by atoms with E-state index in [1.54, 1.807) is 0 Å². The van der Waals surface area contributed by atoms with Crippen LogP contribution in [0.2, 0.25) is 0 Å². The fourth-order valence-corrected chi connectivity index (χ4v) is 0.809. The fraction of sp³-hybridized carbons (Fsp3) is 0.833. The van der Waals surface area contributed by atoms with Gasteiger partial charge in [0.25, 0.3) is 0 Å². The molecular formula is C6H10O. The number of hydrogen-bond acceptors (Lipinski definition) is 1. The van der Waals surface area contributed by atoms with E-state index in [4.69, 9.17) is 1.37 Å². The minimum atomic E-state index is -0.385.